The van der Waals surface area contributed by atoms with Crippen LogP contribution >= 0.6 is 12.2 Å². The summed E-state index contributed by atoms with van der Waals surface area (Å²) in [7, 11) is 1.73. The van der Waals surface area contributed by atoms with Crippen LogP contribution in [0.3, 0.4) is 0 Å². The topological polar surface area (TPSA) is 27.7 Å². The first kappa shape index (κ1) is 13.8. The fraction of sp³-hybridized carbons (Fsp3) is 0.833. The average Bonchev–Trinajstić information content (AvgIpc) is 2.13. The van der Waals surface area contributed by atoms with Crippen molar-refractivity contribution in [1.82, 2.24) is 0 Å². The van der Waals surface area contributed by atoms with Crippen LogP contribution in [0, 0.1) is 0 Å². The van der Waals surface area contributed by atoms with Gasteiger partial charge >= 0.3 is 7.95 Å². The largest absolute Gasteiger partial charge is 0.784 e. The second-order valence-corrected chi connectivity index (χ2v) is 10.6. The van der Waals surface area contributed by atoms with Crippen LogP contribution in [0.5, 0.6) is 0 Å². The molecule has 13 heavy (non-hydrogen) atoms. The lowest BCUT2D eigenvalue weighted by atomic mass is 11.0. The molecule has 0 rings (SSSR count). The molecule has 7 heteroatoms. The molecule has 0 radical (unpaired) electrons. The van der Waals surface area contributed by atoms with Gasteiger partial charge in [0.05, 0.1) is 3.53 Å². The maximum atomic E-state index is 5.30. The number of rotatable bonds is 5. The first-order chi connectivity index (χ1) is 6.07. The molecule has 0 aromatic heterocycles. The van der Waals surface area contributed by atoms with Crippen molar-refractivity contribution in [2.45, 2.75) is 6.92 Å². The monoisotopic (exact) mass is 258 g/mol. The van der Waals surface area contributed by atoms with E-state index in [1.54, 1.807) is 21.3 Å². The van der Waals surface area contributed by atoms with E-state index >= 15 is 0 Å². The van der Waals surface area contributed by atoms with E-state index in [1.165, 1.54) is 0 Å². The van der Waals surface area contributed by atoms with Crippen LogP contribution in [0.25, 0.3) is 0 Å². The number of thiocarbonyl (C=S) groups is 1. The molecular weight excluding hydrogens is 244 g/mol. The minimum Gasteiger partial charge on any atom is -0.378 e. The molecule has 78 valence electrons. The minimum absolute atomic E-state index is 0.361. The van der Waals surface area contributed by atoms with Crippen molar-refractivity contribution >= 4 is 46.7 Å². The predicted octanol–water partition coefficient (Wildman–Crippen LogP) is 0.831. The number of hydrogen-bond donors (Lipinski definition) is 0. The molecule has 0 N–H and O–H groups in total. The molecule has 0 amide bonds. The van der Waals surface area contributed by atoms with Crippen LogP contribution in [0.1, 0.15) is 6.92 Å². The Balaban J connectivity index is 4.76. The Hall–Kier alpha value is 0.757. The first-order valence-electron chi connectivity index (χ1n) is 3.65. The van der Waals surface area contributed by atoms with Gasteiger partial charge in [0.15, 0.2) is 0 Å². The zero-order valence-electron chi connectivity index (χ0n) is 8.16. The van der Waals surface area contributed by atoms with Gasteiger partial charge in [0.2, 0.25) is 0 Å². The van der Waals surface area contributed by atoms with Crippen molar-refractivity contribution in [3.05, 3.63) is 0 Å². The maximum Gasteiger partial charge on any atom is 0.784 e. The summed E-state index contributed by atoms with van der Waals surface area (Å²) in [4.78, 5) is 0. The van der Waals surface area contributed by atoms with Crippen LogP contribution in [0.15, 0.2) is 0 Å². The molecule has 3 nitrogen and oxygen atoms in total. The molecule has 0 saturated carbocycles. The van der Waals surface area contributed by atoms with E-state index in [-0.39, 0.29) is 10.3 Å². The van der Waals surface area contributed by atoms with E-state index in [1.807, 2.05) is 6.92 Å². The summed E-state index contributed by atoms with van der Waals surface area (Å²) < 4.78 is 16.4. The Bertz CT molecular complexity index is 166. The Morgan fingerprint density at radius 3 is 1.77 bits per heavy atom. The van der Waals surface area contributed by atoms with Crippen molar-refractivity contribution in [2.24, 2.45) is 0 Å². The van der Waals surface area contributed by atoms with E-state index in [4.69, 9.17) is 38.1 Å². The highest BCUT2D eigenvalue weighted by Crippen LogP contribution is 2.19. The van der Waals surface area contributed by atoms with Crippen molar-refractivity contribution in [1.29, 1.82) is 0 Å². The Kier molecular flexibility index (Phi) is 6.65. The smallest absolute Gasteiger partial charge is 0.378 e. The van der Waals surface area contributed by atoms with E-state index in [2.05, 4.69) is 0 Å². The molecule has 0 bridgehead atoms. The van der Waals surface area contributed by atoms with Crippen LogP contribution in [-0.2, 0) is 36.3 Å². The summed E-state index contributed by atoms with van der Waals surface area (Å²) in [6, 6.07) is 0. The molecule has 0 aliphatic carbocycles. The third kappa shape index (κ3) is 3.12. The van der Waals surface area contributed by atoms with Crippen LogP contribution in [-0.4, -0.2) is 38.6 Å². The predicted molar refractivity (Wildman–Crippen MR) is 64.7 cm³/mol. The zero-order valence-corrected chi connectivity index (χ0v) is 11.6. The van der Waals surface area contributed by atoms with Crippen LogP contribution < -0.4 is 0 Å². The molecule has 1 atom stereocenters. The maximum absolute atomic E-state index is 5.30. The van der Waals surface area contributed by atoms with Crippen LogP contribution in [0.4, 0.5) is 0 Å². The summed E-state index contributed by atoms with van der Waals surface area (Å²) >= 11 is 9.97. The zero-order chi connectivity index (χ0) is 10.5. The van der Waals surface area contributed by atoms with Gasteiger partial charge in [0.1, 0.15) is 5.75 Å². The lowest BCUT2D eigenvalue weighted by molar-refractivity contribution is 0.151. The Morgan fingerprint density at radius 2 is 1.69 bits per heavy atom. The minimum atomic E-state index is -2.63. The van der Waals surface area contributed by atoms with Gasteiger partial charge in [-0.1, -0.05) is 0 Å². The highest BCUT2D eigenvalue weighted by atomic mass is 32.4. The molecule has 0 heterocycles. The highest BCUT2D eigenvalue weighted by molar-refractivity contribution is 8.48. The van der Waals surface area contributed by atoms with Crippen LogP contribution in [0.2, 0.25) is 0 Å². The molecule has 0 aliphatic heterocycles. The normalized spacial score (nSPS) is 14.2. The van der Waals surface area contributed by atoms with Gasteiger partial charge in [-0.3, -0.25) is 0 Å². The average molecular weight is 258 g/mol. The Labute approximate surface area is 93.9 Å². The van der Waals surface area contributed by atoms with E-state index in [0.29, 0.717) is 3.53 Å². The molecule has 1 unspecified atom stereocenters. The summed E-state index contributed by atoms with van der Waals surface area (Å²) in [5, 5.41) is 0. The number of hydrogen-bond acceptors (Lipinski definition) is 5. The van der Waals surface area contributed by atoms with E-state index in [9.17, 15) is 0 Å². The lowest BCUT2D eigenvalue weighted by Crippen LogP contribution is -2.54. The van der Waals surface area contributed by atoms with Gasteiger partial charge in [-0.25, -0.2) is 0 Å². The van der Waals surface area contributed by atoms with Gasteiger partial charge in [-0.15, -0.1) is 0 Å². The SMILES string of the molecule is CC[S+](C(=S)[S-])[Si](OC)(OC)OC. The molecule has 0 fully saturated rings. The third-order valence-corrected chi connectivity index (χ3v) is 11.5. The fourth-order valence-corrected chi connectivity index (χ4v) is 8.87. The standard InChI is InChI=1S/C6H14O3S3Si/c1-5-12(6(10)11)13(7-2,8-3)9-4/h5H2,1-4H3. The lowest BCUT2D eigenvalue weighted by Gasteiger charge is -2.23. The first-order valence-corrected chi connectivity index (χ1v) is 8.31. The van der Waals surface area contributed by atoms with Gasteiger partial charge in [0, 0.05) is 31.7 Å². The van der Waals surface area contributed by atoms with E-state index in [0.717, 1.165) is 5.75 Å². The molecular formula is C6H14O3S3Si. The fourth-order valence-electron chi connectivity index (χ4n) is 0.948. The third-order valence-electron chi connectivity index (χ3n) is 1.54. The molecule has 0 saturated heterocycles. The van der Waals surface area contributed by atoms with Crippen molar-refractivity contribution in [3.8, 4) is 0 Å². The summed E-state index contributed by atoms with van der Waals surface area (Å²) in [6.07, 6.45) is 0. The van der Waals surface area contributed by atoms with Crippen molar-refractivity contribution in [3.63, 3.8) is 0 Å². The van der Waals surface area contributed by atoms with Crippen molar-refractivity contribution < 1.29 is 13.3 Å². The van der Waals surface area contributed by atoms with Gasteiger partial charge in [-0.2, -0.15) is 0 Å². The molecule has 0 aromatic rings. The van der Waals surface area contributed by atoms with Gasteiger partial charge in [0.25, 0.3) is 0 Å². The van der Waals surface area contributed by atoms with Crippen molar-refractivity contribution in [2.75, 3.05) is 27.1 Å². The summed E-state index contributed by atoms with van der Waals surface area (Å²) in [5.74, 6) is 0.810. The molecule has 0 aromatic carbocycles. The quantitative estimate of drug-likeness (QED) is 0.315. The molecule has 0 aliphatic rings. The summed E-state index contributed by atoms with van der Waals surface area (Å²) in [6.45, 7) is 2.00. The second-order valence-electron chi connectivity index (χ2n) is 2.04. The highest BCUT2D eigenvalue weighted by Gasteiger charge is 2.60. The van der Waals surface area contributed by atoms with E-state index < -0.39 is 7.95 Å². The Morgan fingerprint density at radius 1 is 1.31 bits per heavy atom. The van der Waals surface area contributed by atoms with Gasteiger partial charge < -0.3 is 38.1 Å². The second kappa shape index (κ2) is 6.28. The summed E-state index contributed by atoms with van der Waals surface area (Å²) in [5.41, 5.74) is 0. The molecule has 0 spiro atoms. The van der Waals surface area contributed by atoms with Gasteiger partial charge in [-0.05, 0) is 6.92 Å².